The predicted octanol–water partition coefficient (Wildman–Crippen LogP) is -0.277. The highest BCUT2D eigenvalue weighted by atomic mass is 19.1. The lowest BCUT2D eigenvalue weighted by Gasteiger charge is -2.18. The molecule has 0 radical (unpaired) electrons. The molecule has 0 bridgehead atoms. The zero-order valence-corrected chi connectivity index (χ0v) is 9.93. The number of aliphatic hydroxyl groups excluding tert-OH is 2. The van der Waals surface area contributed by atoms with Crippen molar-refractivity contribution in [2.45, 2.75) is 25.6 Å². The van der Waals surface area contributed by atoms with Gasteiger partial charge >= 0.3 is 0 Å². The minimum Gasteiger partial charge on any atom is -0.395 e. The number of nitrogens with one attached hydrogen (secondary N) is 1. The van der Waals surface area contributed by atoms with Gasteiger partial charge in [-0.15, -0.1) is 0 Å². The fourth-order valence-electron chi connectivity index (χ4n) is 1.42. The van der Waals surface area contributed by atoms with E-state index in [0.29, 0.717) is 0 Å². The molecule has 6 nitrogen and oxygen atoms in total. The first-order valence-electron chi connectivity index (χ1n) is 5.43. The van der Waals surface area contributed by atoms with E-state index < -0.39 is 18.2 Å². The smallest absolute Gasteiger partial charge is 0.236 e. The maximum atomic E-state index is 12.8. The Morgan fingerprint density at radius 3 is 2.83 bits per heavy atom. The molecule has 0 aliphatic carbocycles. The number of rotatable bonds is 5. The number of aliphatic hydroxyl groups is 2. The van der Waals surface area contributed by atoms with Gasteiger partial charge in [-0.25, -0.2) is 4.98 Å². The van der Waals surface area contributed by atoms with E-state index in [9.17, 15) is 19.4 Å². The SMILES string of the molecule is CC(=O)NCCC(O)C(O)c1cnc(F)c(N)c1. The van der Waals surface area contributed by atoms with Crippen LogP contribution in [0.25, 0.3) is 0 Å². The number of anilines is 1. The average Bonchev–Trinajstić information content (AvgIpc) is 2.31. The van der Waals surface area contributed by atoms with Gasteiger partial charge in [0.1, 0.15) is 6.10 Å². The highest BCUT2D eigenvalue weighted by Crippen LogP contribution is 2.20. The Bertz CT molecular complexity index is 428. The number of pyridine rings is 1. The van der Waals surface area contributed by atoms with Crippen LogP contribution in [-0.4, -0.2) is 33.8 Å². The minimum absolute atomic E-state index is 0.165. The van der Waals surface area contributed by atoms with Crippen molar-refractivity contribution in [2.24, 2.45) is 0 Å². The second-order valence-corrected chi connectivity index (χ2v) is 3.93. The predicted molar refractivity (Wildman–Crippen MR) is 62.9 cm³/mol. The molecular weight excluding hydrogens is 241 g/mol. The van der Waals surface area contributed by atoms with Crippen molar-refractivity contribution in [3.63, 3.8) is 0 Å². The molecule has 0 fully saturated rings. The van der Waals surface area contributed by atoms with Crippen LogP contribution in [0.2, 0.25) is 0 Å². The number of carbonyl (C=O) groups is 1. The highest BCUT2D eigenvalue weighted by Gasteiger charge is 2.19. The summed E-state index contributed by atoms with van der Waals surface area (Å²) < 4.78 is 12.8. The molecule has 1 aromatic heterocycles. The van der Waals surface area contributed by atoms with E-state index in [1.165, 1.54) is 13.0 Å². The van der Waals surface area contributed by atoms with E-state index in [-0.39, 0.29) is 30.1 Å². The zero-order chi connectivity index (χ0) is 13.7. The Morgan fingerprint density at radius 1 is 1.61 bits per heavy atom. The first-order chi connectivity index (χ1) is 8.41. The molecule has 1 amide bonds. The van der Waals surface area contributed by atoms with Crippen LogP contribution in [0.4, 0.5) is 10.1 Å². The number of nitrogens with two attached hydrogens (primary N) is 1. The van der Waals surface area contributed by atoms with E-state index in [1.54, 1.807) is 0 Å². The Labute approximate surface area is 104 Å². The molecule has 0 spiro atoms. The van der Waals surface area contributed by atoms with Crippen molar-refractivity contribution in [3.8, 4) is 0 Å². The van der Waals surface area contributed by atoms with Gasteiger partial charge in [0, 0.05) is 25.2 Å². The Balaban J connectivity index is 2.59. The summed E-state index contributed by atoms with van der Waals surface area (Å²) in [6.45, 7) is 1.59. The van der Waals surface area contributed by atoms with Crippen molar-refractivity contribution in [2.75, 3.05) is 12.3 Å². The summed E-state index contributed by atoms with van der Waals surface area (Å²) >= 11 is 0. The molecule has 2 atom stereocenters. The summed E-state index contributed by atoms with van der Waals surface area (Å²) in [6.07, 6.45) is -1.05. The van der Waals surface area contributed by atoms with Gasteiger partial charge in [0.15, 0.2) is 0 Å². The van der Waals surface area contributed by atoms with Gasteiger partial charge in [-0.2, -0.15) is 4.39 Å². The number of nitrogens with zero attached hydrogens (tertiary/aromatic N) is 1. The Kier molecular flexibility index (Phi) is 4.99. The third-order valence-electron chi connectivity index (χ3n) is 2.41. The standard InChI is InChI=1S/C11H16FN3O3/c1-6(16)14-3-2-9(17)10(18)7-4-8(13)11(12)15-5-7/h4-5,9-10,17-18H,2-3,13H2,1H3,(H,14,16). The first-order valence-corrected chi connectivity index (χ1v) is 5.43. The molecule has 7 heteroatoms. The number of hydrogen-bond donors (Lipinski definition) is 4. The molecule has 2 unspecified atom stereocenters. The lowest BCUT2D eigenvalue weighted by atomic mass is 10.0. The van der Waals surface area contributed by atoms with E-state index in [0.717, 1.165) is 6.20 Å². The molecule has 0 saturated heterocycles. The van der Waals surface area contributed by atoms with Crippen molar-refractivity contribution in [1.82, 2.24) is 10.3 Å². The van der Waals surface area contributed by atoms with Gasteiger partial charge in [0.25, 0.3) is 0 Å². The average molecular weight is 257 g/mol. The third kappa shape index (κ3) is 3.94. The van der Waals surface area contributed by atoms with Crippen molar-refractivity contribution < 1.29 is 19.4 Å². The van der Waals surface area contributed by atoms with Crippen molar-refractivity contribution in [3.05, 3.63) is 23.8 Å². The lowest BCUT2D eigenvalue weighted by molar-refractivity contribution is -0.119. The van der Waals surface area contributed by atoms with E-state index in [1.807, 2.05) is 0 Å². The second-order valence-electron chi connectivity index (χ2n) is 3.93. The summed E-state index contributed by atoms with van der Waals surface area (Å²) in [5.74, 6) is -1.04. The van der Waals surface area contributed by atoms with Crippen LogP contribution in [0.15, 0.2) is 12.3 Å². The Morgan fingerprint density at radius 2 is 2.28 bits per heavy atom. The fourth-order valence-corrected chi connectivity index (χ4v) is 1.42. The van der Waals surface area contributed by atoms with Crippen LogP contribution >= 0.6 is 0 Å². The van der Waals surface area contributed by atoms with Gasteiger partial charge in [-0.3, -0.25) is 4.79 Å². The number of halogens is 1. The summed E-state index contributed by atoms with van der Waals surface area (Å²) in [5, 5.41) is 22.0. The molecule has 0 saturated carbocycles. The molecule has 5 N–H and O–H groups in total. The van der Waals surface area contributed by atoms with Gasteiger partial charge < -0.3 is 21.3 Å². The van der Waals surface area contributed by atoms with Crippen LogP contribution in [-0.2, 0) is 4.79 Å². The maximum absolute atomic E-state index is 12.8. The topological polar surface area (TPSA) is 108 Å². The monoisotopic (exact) mass is 257 g/mol. The van der Waals surface area contributed by atoms with Gasteiger partial charge in [-0.1, -0.05) is 0 Å². The number of hydrogen-bond acceptors (Lipinski definition) is 5. The third-order valence-corrected chi connectivity index (χ3v) is 2.41. The van der Waals surface area contributed by atoms with Crippen molar-refractivity contribution in [1.29, 1.82) is 0 Å². The highest BCUT2D eigenvalue weighted by molar-refractivity contribution is 5.72. The van der Waals surface area contributed by atoms with Crippen LogP contribution in [0.5, 0.6) is 0 Å². The molecule has 18 heavy (non-hydrogen) atoms. The largest absolute Gasteiger partial charge is 0.395 e. The van der Waals surface area contributed by atoms with Crippen LogP contribution < -0.4 is 11.1 Å². The first kappa shape index (κ1) is 14.3. The van der Waals surface area contributed by atoms with Crippen molar-refractivity contribution >= 4 is 11.6 Å². The van der Waals surface area contributed by atoms with Crippen LogP contribution in [0.1, 0.15) is 25.0 Å². The number of nitrogen functional groups attached to an aromatic ring is 1. The number of carbonyl (C=O) groups excluding carboxylic acids is 1. The molecule has 1 aromatic rings. The van der Waals surface area contributed by atoms with Gasteiger partial charge in [0.05, 0.1) is 11.8 Å². The molecule has 1 heterocycles. The van der Waals surface area contributed by atoms with Crippen LogP contribution in [0, 0.1) is 5.95 Å². The quantitative estimate of drug-likeness (QED) is 0.543. The van der Waals surface area contributed by atoms with Crippen LogP contribution in [0.3, 0.4) is 0 Å². The maximum Gasteiger partial charge on any atom is 0.236 e. The van der Waals surface area contributed by atoms with E-state index in [2.05, 4.69) is 10.3 Å². The molecular formula is C11H16FN3O3. The van der Waals surface area contributed by atoms with E-state index in [4.69, 9.17) is 5.73 Å². The van der Waals surface area contributed by atoms with Gasteiger partial charge in [0.2, 0.25) is 11.9 Å². The fraction of sp³-hybridized carbons (Fsp3) is 0.455. The van der Waals surface area contributed by atoms with E-state index >= 15 is 0 Å². The Hall–Kier alpha value is -1.73. The number of amides is 1. The molecule has 100 valence electrons. The number of aromatic nitrogens is 1. The summed E-state index contributed by atoms with van der Waals surface area (Å²) in [5.41, 5.74) is 5.34. The lowest BCUT2D eigenvalue weighted by Crippen LogP contribution is -2.27. The molecule has 0 aliphatic heterocycles. The minimum atomic E-state index is -1.23. The summed E-state index contributed by atoms with van der Waals surface area (Å²) in [7, 11) is 0. The summed E-state index contributed by atoms with van der Waals surface area (Å²) in [4.78, 5) is 14.0. The molecule has 0 aromatic carbocycles. The zero-order valence-electron chi connectivity index (χ0n) is 9.93. The second kappa shape index (κ2) is 6.27. The summed E-state index contributed by atoms with van der Waals surface area (Å²) in [6, 6.07) is 1.22. The van der Waals surface area contributed by atoms with Gasteiger partial charge in [-0.05, 0) is 12.5 Å². The molecule has 1 rings (SSSR count). The molecule has 0 aliphatic rings. The normalized spacial score (nSPS) is 14.0.